The zero-order valence-corrected chi connectivity index (χ0v) is 27.8. The van der Waals surface area contributed by atoms with E-state index in [9.17, 15) is 24.3 Å². The Bertz CT molecular complexity index is 1620. The van der Waals surface area contributed by atoms with Gasteiger partial charge in [-0.2, -0.15) is 0 Å². The fourth-order valence-electron chi connectivity index (χ4n) is 5.23. The molecule has 0 aliphatic carbocycles. The van der Waals surface area contributed by atoms with Gasteiger partial charge in [-0.25, -0.2) is 9.59 Å². The van der Waals surface area contributed by atoms with Gasteiger partial charge in [0.1, 0.15) is 6.10 Å². The lowest BCUT2D eigenvalue weighted by atomic mass is 9.96. The van der Waals surface area contributed by atoms with E-state index < -0.39 is 29.9 Å². The first kappa shape index (κ1) is 35.6. The molecule has 0 radical (unpaired) electrons. The molecule has 0 saturated heterocycles. The van der Waals surface area contributed by atoms with Crippen LogP contribution in [0.25, 0.3) is 0 Å². The molecule has 2 amide bonds. The third-order valence-corrected chi connectivity index (χ3v) is 8.10. The second-order valence-corrected chi connectivity index (χ2v) is 11.5. The number of nitrogens with one attached hydrogen (secondary N) is 2. The summed E-state index contributed by atoms with van der Waals surface area (Å²) >= 11 is 0. The molecule has 4 rings (SSSR count). The highest BCUT2D eigenvalue weighted by Gasteiger charge is 2.22. The summed E-state index contributed by atoms with van der Waals surface area (Å²) in [5.41, 5.74) is 4.27. The average molecular weight is 651 g/mol. The number of methoxy groups -OCH3 is 2. The van der Waals surface area contributed by atoms with Crippen molar-refractivity contribution in [3.05, 3.63) is 129 Å². The second kappa shape index (κ2) is 17.0. The molecule has 0 atom stereocenters. The molecule has 9 nitrogen and oxygen atoms in total. The summed E-state index contributed by atoms with van der Waals surface area (Å²) in [5.74, 6) is -2.21. The third kappa shape index (κ3) is 8.95. The van der Waals surface area contributed by atoms with E-state index in [-0.39, 0.29) is 22.5 Å². The highest BCUT2D eigenvalue weighted by Crippen LogP contribution is 2.30. The van der Waals surface area contributed by atoms with Gasteiger partial charge in [-0.05, 0) is 96.5 Å². The van der Waals surface area contributed by atoms with Gasteiger partial charge in [0, 0.05) is 11.1 Å². The number of hydrogen-bond donors (Lipinski definition) is 3. The van der Waals surface area contributed by atoms with E-state index in [1.165, 1.54) is 38.5 Å². The van der Waals surface area contributed by atoms with Gasteiger partial charge in [0.2, 0.25) is 0 Å². The van der Waals surface area contributed by atoms with E-state index in [1.807, 2.05) is 24.3 Å². The normalized spacial score (nSPS) is 10.8. The number of carbonyl (C=O) groups excluding carboxylic acids is 4. The number of aryl methyl sites for hydroxylation is 2. The topological polar surface area (TPSA) is 131 Å². The van der Waals surface area contributed by atoms with E-state index in [4.69, 9.17) is 9.47 Å². The predicted octanol–water partition coefficient (Wildman–Crippen LogP) is 7.53. The fraction of sp³-hybridized carbons (Fsp3) is 0.282. The first-order valence-corrected chi connectivity index (χ1v) is 16.1. The van der Waals surface area contributed by atoms with Gasteiger partial charge in [-0.3, -0.25) is 9.59 Å². The average Bonchev–Trinajstić information content (AvgIpc) is 3.12. The predicted molar refractivity (Wildman–Crippen MR) is 186 cm³/mol. The second-order valence-electron chi connectivity index (χ2n) is 11.5. The largest absolute Gasteiger partial charge is 0.465 e. The fourth-order valence-corrected chi connectivity index (χ4v) is 5.23. The zero-order chi connectivity index (χ0) is 34.6. The monoisotopic (exact) mass is 650 g/mol. The highest BCUT2D eigenvalue weighted by molar-refractivity contribution is 6.09. The van der Waals surface area contributed by atoms with Gasteiger partial charge < -0.3 is 25.2 Å². The Kier molecular flexibility index (Phi) is 12.6. The summed E-state index contributed by atoms with van der Waals surface area (Å²) in [6, 6.07) is 23.6. The van der Waals surface area contributed by atoms with Crippen molar-refractivity contribution in [2.24, 2.45) is 0 Å². The molecule has 0 aromatic heterocycles. The van der Waals surface area contributed by atoms with Crippen LogP contribution in [-0.4, -0.2) is 43.1 Å². The van der Waals surface area contributed by atoms with Crippen molar-refractivity contribution in [2.45, 2.75) is 58.5 Å². The van der Waals surface area contributed by atoms with E-state index in [0.29, 0.717) is 22.3 Å². The van der Waals surface area contributed by atoms with Crippen molar-refractivity contribution < 1.29 is 33.8 Å². The summed E-state index contributed by atoms with van der Waals surface area (Å²) in [7, 11) is 2.45. The Hall–Kier alpha value is -5.28. The zero-order valence-electron chi connectivity index (χ0n) is 27.8. The molecule has 9 heteroatoms. The van der Waals surface area contributed by atoms with Crippen LogP contribution < -0.4 is 10.6 Å². The van der Waals surface area contributed by atoms with Crippen molar-refractivity contribution in [2.75, 3.05) is 24.9 Å². The molecule has 0 aliphatic rings. The number of hydrogen-bond acceptors (Lipinski definition) is 7. The number of esters is 2. The Morgan fingerprint density at radius 3 is 1.31 bits per heavy atom. The summed E-state index contributed by atoms with van der Waals surface area (Å²) in [6.07, 6.45) is 4.86. The maximum atomic E-state index is 13.0. The van der Waals surface area contributed by atoms with Crippen LogP contribution in [0.1, 0.15) is 109 Å². The lowest BCUT2D eigenvalue weighted by molar-refractivity contribution is 0.0592. The standard InChI is InChI=1S/C39H42N2O7/c1-5-7-9-25-11-15-27(16-12-25)36(43)40-33-21-19-29(23-31(33)38(45)47-3)35(42)30-20-22-34(32(24-30)39(46)48-4)41-37(44)28-17-13-26(14-18-28)10-8-6-2/h11-24,35,42H,5-10H2,1-4H3,(H,40,43)(H,41,44). The summed E-state index contributed by atoms with van der Waals surface area (Å²) < 4.78 is 9.93. The first-order chi connectivity index (χ1) is 23.2. The number of benzene rings is 4. The number of carbonyl (C=O) groups is 4. The molecule has 3 N–H and O–H groups in total. The van der Waals surface area contributed by atoms with Crippen LogP contribution in [0.4, 0.5) is 11.4 Å². The van der Waals surface area contributed by atoms with Crippen molar-refractivity contribution >= 4 is 35.1 Å². The first-order valence-electron chi connectivity index (χ1n) is 16.1. The summed E-state index contributed by atoms with van der Waals surface area (Å²) in [6.45, 7) is 4.25. The molecular formula is C39H42N2O7. The molecular weight excluding hydrogens is 608 g/mol. The maximum Gasteiger partial charge on any atom is 0.339 e. The number of amides is 2. The van der Waals surface area contributed by atoms with Crippen LogP contribution in [0.2, 0.25) is 0 Å². The Morgan fingerprint density at radius 2 is 0.979 bits per heavy atom. The minimum Gasteiger partial charge on any atom is -0.465 e. The van der Waals surface area contributed by atoms with Crippen LogP contribution in [0.5, 0.6) is 0 Å². The van der Waals surface area contributed by atoms with Crippen molar-refractivity contribution in [3.8, 4) is 0 Å². The number of aliphatic hydroxyl groups excluding tert-OH is 1. The Labute approximate surface area is 281 Å². The minimum atomic E-state index is -1.28. The van der Waals surface area contributed by atoms with Crippen LogP contribution >= 0.6 is 0 Å². The highest BCUT2D eigenvalue weighted by atomic mass is 16.5. The third-order valence-electron chi connectivity index (χ3n) is 8.10. The van der Waals surface area contributed by atoms with Crippen molar-refractivity contribution in [3.63, 3.8) is 0 Å². The van der Waals surface area contributed by atoms with Gasteiger partial charge in [-0.15, -0.1) is 0 Å². The lowest BCUT2D eigenvalue weighted by Crippen LogP contribution is -2.17. The van der Waals surface area contributed by atoms with E-state index >= 15 is 0 Å². The lowest BCUT2D eigenvalue weighted by Gasteiger charge is -2.17. The van der Waals surface area contributed by atoms with Crippen LogP contribution in [0, 0.1) is 0 Å². The molecule has 0 fully saturated rings. The number of anilines is 2. The van der Waals surface area contributed by atoms with Crippen molar-refractivity contribution in [1.82, 2.24) is 0 Å². The van der Waals surface area contributed by atoms with Crippen LogP contribution in [-0.2, 0) is 22.3 Å². The van der Waals surface area contributed by atoms with Crippen LogP contribution in [0.15, 0.2) is 84.9 Å². The maximum absolute atomic E-state index is 13.0. The minimum absolute atomic E-state index is 0.0414. The van der Waals surface area contributed by atoms with Crippen molar-refractivity contribution in [1.29, 1.82) is 0 Å². The number of ether oxygens (including phenoxy) is 2. The Morgan fingerprint density at radius 1 is 0.604 bits per heavy atom. The Balaban J connectivity index is 1.56. The van der Waals surface area contributed by atoms with E-state index in [0.717, 1.165) is 49.7 Å². The molecule has 250 valence electrons. The smallest absolute Gasteiger partial charge is 0.339 e. The van der Waals surface area contributed by atoms with Gasteiger partial charge in [0.25, 0.3) is 11.8 Å². The van der Waals surface area contributed by atoms with E-state index in [1.54, 1.807) is 36.4 Å². The van der Waals surface area contributed by atoms with Gasteiger partial charge >= 0.3 is 11.9 Å². The molecule has 4 aromatic rings. The molecule has 0 bridgehead atoms. The SMILES string of the molecule is CCCCc1ccc(C(=O)Nc2ccc(C(O)c3ccc(NC(=O)c4ccc(CCCC)cc4)c(C(=O)OC)c3)cc2C(=O)OC)cc1. The molecule has 4 aromatic carbocycles. The molecule has 0 spiro atoms. The van der Waals surface area contributed by atoms with Gasteiger partial charge in [0.05, 0.1) is 36.7 Å². The number of rotatable bonds is 14. The number of unbranched alkanes of at least 4 members (excludes halogenated alkanes) is 2. The summed E-state index contributed by atoms with van der Waals surface area (Å²) in [5, 5.41) is 16.9. The quantitative estimate of drug-likeness (QED) is 0.120. The van der Waals surface area contributed by atoms with Gasteiger partial charge in [0.15, 0.2) is 0 Å². The molecule has 0 saturated carbocycles. The van der Waals surface area contributed by atoms with Crippen LogP contribution in [0.3, 0.4) is 0 Å². The van der Waals surface area contributed by atoms with Gasteiger partial charge in [-0.1, -0.05) is 63.1 Å². The molecule has 0 aliphatic heterocycles. The molecule has 0 unspecified atom stereocenters. The molecule has 0 heterocycles. The number of aliphatic hydroxyl groups is 1. The van der Waals surface area contributed by atoms with E-state index in [2.05, 4.69) is 24.5 Å². The summed E-state index contributed by atoms with van der Waals surface area (Å²) in [4.78, 5) is 51.6. The molecule has 48 heavy (non-hydrogen) atoms.